The average Bonchev–Trinajstić information content (AvgIpc) is 2.97. The third-order valence-electron chi connectivity index (χ3n) is 4.14. The van der Waals surface area contributed by atoms with E-state index < -0.39 is 17.9 Å². The average molecular weight is 302 g/mol. The van der Waals surface area contributed by atoms with Crippen molar-refractivity contribution in [2.45, 2.75) is 43.5 Å². The predicted molar refractivity (Wildman–Crippen MR) is 69.3 cm³/mol. The van der Waals surface area contributed by atoms with E-state index in [2.05, 4.69) is 16.5 Å². The summed E-state index contributed by atoms with van der Waals surface area (Å²) in [5, 5.41) is 3.35. The maximum absolute atomic E-state index is 13.5. The van der Waals surface area contributed by atoms with Crippen LogP contribution in [0.4, 0.5) is 17.6 Å². The summed E-state index contributed by atoms with van der Waals surface area (Å²) in [4.78, 5) is 0. The maximum atomic E-state index is 13.5. The summed E-state index contributed by atoms with van der Waals surface area (Å²) < 4.78 is 54.1. The molecule has 2 nitrogen and oxygen atoms in total. The van der Waals surface area contributed by atoms with Crippen LogP contribution in [0.25, 0.3) is 0 Å². The fourth-order valence-electron chi connectivity index (χ4n) is 2.94. The fourth-order valence-corrected chi connectivity index (χ4v) is 2.94. The van der Waals surface area contributed by atoms with Crippen molar-refractivity contribution in [3.63, 3.8) is 0 Å². The van der Waals surface area contributed by atoms with Crippen LogP contribution in [0, 0.1) is 12.2 Å². The van der Waals surface area contributed by atoms with E-state index in [0.717, 1.165) is 38.3 Å². The van der Waals surface area contributed by atoms with Crippen molar-refractivity contribution in [1.82, 2.24) is 5.32 Å². The molecule has 0 spiro atoms. The molecule has 21 heavy (non-hydrogen) atoms. The Morgan fingerprint density at radius 1 is 1.29 bits per heavy atom. The molecule has 3 rings (SSSR count). The molecule has 1 aromatic rings. The monoisotopic (exact) mass is 302 g/mol. The number of halogens is 4. The molecule has 0 aromatic heterocycles. The van der Waals surface area contributed by atoms with E-state index in [4.69, 9.17) is 0 Å². The van der Waals surface area contributed by atoms with Gasteiger partial charge in [-0.3, -0.25) is 0 Å². The number of ether oxygens (including phenoxy) is 1. The summed E-state index contributed by atoms with van der Waals surface area (Å²) in [6.07, 6.45) is 1.17. The molecule has 2 aliphatic rings. The van der Waals surface area contributed by atoms with Gasteiger partial charge in [0.15, 0.2) is 11.6 Å². The Morgan fingerprint density at radius 2 is 2.05 bits per heavy atom. The van der Waals surface area contributed by atoms with Crippen molar-refractivity contribution in [2.75, 3.05) is 6.54 Å². The third kappa shape index (κ3) is 3.31. The van der Waals surface area contributed by atoms with Gasteiger partial charge in [-0.05, 0) is 56.3 Å². The van der Waals surface area contributed by atoms with E-state index in [0.29, 0.717) is 5.56 Å². The molecule has 6 heteroatoms. The van der Waals surface area contributed by atoms with Crippen molar-refractivity contribution >= 4 is 0 Å². The van der Waals surface area contributed by atoms with E-state index in [1.807, 2.05) is 0 Å². The van der Waals surface area contributed by atoms with Gasteiger partial charge in [0.05, 0.1) is 0 Å². The first kappa shape index (κ1) is 14.6. The van der Waals surface area contributed by atoms with Gasteiger partial charge in [0, 0.05) is 11.5 Å². The minimum absolute atomic E-state index is 0.237. The standard InChI is InChI=1S/C15H16F4NO/c16-12-4-3-10(8-13(12)21-15(17,18)19)14(5-6-14)9-11-2-1-7-20-11/h3-4,8-9,11,20H,1-2,5-7H2/t11-/m1/s1. The highest BCUT2D eigenvalue weighted by atomic mass is 19.4. The highest BCUT2D eigenvalue weighted by Gasteiger charge is 2.46. The molecule has 1 aliphatic heterocycles. The molecule has 115 valence electrons. The predicted octanol–water partition coefficient (Wildman–Crippen LogP) is 3.71. The van der Waals surface area contributed by atoms with Crippen LogP contribution in [0.15, 0.2) is 18.2 Å². The number of hydrogen-bond donors (Lipinski definition) is 1. The molecule has 0 unspecified atom stereocenters. The molecule has 0 amide bonds. The zero-order valence-electron chi connectivity index (χ0n) is 11.3. The Hall–Kier alpha value is -1.30. The van der Waals surface area contributed by atoms with Gasteiger partial charge < -0.3 is 10.1 Å². The maximum Gasteiger partial charge on any atom is 0.573 e. The van der Waals surface area contributed by atoms with Crippen molar-refractivity contribution in [2.24, 2.45) is 0 Å². The summed E-state index contributed by atoms with van der Waals surface area (Å²) in [5.41, 5.74) is 0.455. The SMILES string of the molecule is Fc1ccc(C2([CH][C@H]3CCCN3)CC2)cc1OC(F)(F)F. The second-order valence-corrected chi connectivity index (χ2v) is 5.72. The minimum atomic E-state index is -4.88. The van der Waals surface area contributed by atoms with E-state index in [1.54, 1.807) is 6.07 Å². The highest BCUT2D eigenvalue weighted by molar-refractivity contribution is 5.41. The number of rotatable bonds is 4. The number of nitrogens with one attached hydrogen (secondary N) is 1. The van der Waals surface area contributed by atoms with Gasteiger partial charge in [0.2, 0.25) is 0 Å². The number of hydrogen-bond acceptors (Lipinski definition) is 2. The number of alkyl halides is 3. The van der Waals surface area contributed by atoms with Gasteiger partial charge in [-0.15, -0.1) is 13.2 Å². The van der Waals surface area contributed by atoms with Crippen molar-refractivity contribution in [3.8, 4) is 5.75 Å². The lowest BCUT2D eigenvalue weighted by Gasteiger charge is -2.21. The quantitative estimate of drug-likeness (QED) is 0.856. The van der Waals surface area contributed by atoms with E-state index in [-0.39, 0.29) is 11.5 Å². The Morgan fingerprint density at radius 3 is 2.62 bits per heavy atom. The largest absolute Gasteiger partial charge is 0.573 e. The van der Waals surface area contributed by atoms with E-state index in [1.165, 1.54) is 6.07 Å². The summed E-state index contributed by atoms with van der Waals surface area (Å²) in [7, 11) is 0. The first-order valence-corrected chi connectivity index (χ1v) is 7.03. The second kappa shape index (κ2) is 5.16. The van der Waals surface area contributed by atoms with Gasteiger partial charge in [-0.2, -0.15) is 0 Å². The Kier molecular flexibility index (Phi) is 3.59. The molecular formula is C15H16F4NO. The number of benzene rings is 1. The lowest BCUT2D eigenvalue weighted by Crippen LogP contribution is -2.27. The van der Waals surface area contributed by atoms with Crippen LogP contribution in [-0.4, -0.2) is 18.9 Å². The molecule has 1 radical (unpaired) electrons. The molecule has 1 saturated heterocycles. The molecule has 0 bridgehead atoms. The molecule has 1 heterocycles. The van der Waals surface area contributed by atoms with Gasteiger partial charge in [0.25, 0.3) is 0 Å². The van der Waals surface area contributed by atoms with Crippen molar-refractivity contribution in [1.29, 1.82) is 0 Å². The van der Waals surface area contributed by atoms with Crippen molar-refractivity contribution in [3.05, 3.63) is 36.0 Å². The second-order valence-electron chi connectivity index (χ2n) is 5.72. The van der Waals surface area contributed by atoms with Gasteiger partial charge in [0.1, 0.15) is 0 Å². The van der Waals surface area contributed by atoms with Crippen LogP contribution in [0.1, 0.15) is 31.2 Å². The lowest BCUT2D eigenvalue weighted by molar-refractivity contribution is -0.275. The zero-order chi connectivity index (χ0) is 15.1. The summed E-state index contributed by atoms with van der Waals surface area (Å²) in [5.74, 6) is -1.75. The normalized spacial score (nSPS) is 24.1. The van der Waals surface area contributed by atoms with Gasteiger partial charge >= 0.3 is 6.36 Å². The topological polar surface area (TPSA) is 21.3 Å². The van der Waals surface area contributed by atoms with Crippen LogP contribution in [-0.2, 0) is 5.41 Å². The highest BCUT2D eigenvalue weighted by Crippen LogP contribution is 2.52. The van der Waals surface area contributed by atoms with Crippen LogP contribution >= 0.6 is 0 Å². The molecule has 1 saturated carbocycles. The lowest BCUT2D eigenvalue weighted by atomic mass is 9.88. The molecule has 1 atom stereocenters. The summed E-state index contributed by atoms with van der Waals surface area (Å²) in [6, 6.07) is 4.06. The van der Waals surface area contributed by atoms with Crippen LogP contribution in [0.3, 0.4) is 0 Å². The van der Waals surface area contributed by atoms with Crippen molar-refractivity contribution < 1.29 is 22.3 Å². The van der Waals surface area contributed by atoms with Gasteiger partial charge in [-0.25, -0.2) is 4.39 Å². The zero-order valence-corrected chi connectivity index (χ0v) is 11.3. The molecular weight excluding hydrogens is 286 g/mol. The summed E-state index contributed by atoms with van der Waals surface area (Å²) >= 11 is 0. The van der Waals surface area contributed by atoms with Crippen LogP contribution in [0.2, 0.25) is 0 Å². The molecule has 1 aromatic carbocycles. The Balaban J connectivity index is 1.80. The summed E-state index contributed by atoms with van der Waals surface area (Å²) in [6.45, 7) is 0.961. The Labute approximate surface area is 120 Å². The molecule has 1 N–H and O–H groups in total. The first-order valence-electron chi connectivity index (χ1n) is 7.03. The Bertz CT molecular complexity index is 519. The van der Waals surface area contributed by atoms with Crippen LogP contribution in [0.5, 0.6) is 5.75 Å². The molecule has 1 aliphatic carbocycles. The fraction of sp³-hybridized carbons (Fsp3) is 0.533. The third-order valence-corrected chi connectivity index (χ3v) is 4.14. The molecule has 2 fully saturated rings. The minimum Gasteiger partial charge on any atom is -0.403 e. The van der Waals surface area contributed by atoms with Crippen LogP contribution < -0.4 is 10.1 Å². The van der Waals surface area contributed by atoms with Gasteiger partial charge in [-0.1, -0.05) is 6.07 Å². The smallest absolute Gasteiger partial charge is 0.403 e. The first-order chi connectivity index (χ1) is 9.88. The van der Waals surface area contributed by atoms with E-state index >= 15 is 0 Å². The van der Waals surface area contributed by atoms with E-state index in [9.17, 15) is 17.6 Å².